The monoisotopic (exact) mass is 330 g/mol. The molecule has 0 aliphatic carbocycles. The van der Waals surface area contributed by atoms with E-state index in [1.54, 1.807) is 6.92 Å². The van der Waals surface area contributed by atoms with Crippen LogP contribution in [0.2, 0.25) is 6.04 Å². The van der Waals surface area contributed by atoms with E-state index in [1.807, 2.05) is 0 Å². The number of carbonyl (C=O) groups excluding carboxylic acids is 1. The van der Waals surface area contributed by atoms with E-state index in [-0.39, 0.29) is 11.4 Å². The molecule has 0 rings (SSSR count). The normalized spacial score (nSPS) is 12.0. The fourth-order valence-electron chi connectivity index (χ4n) is 1.89. The molecule has 0 N–H and O–H groups in total. The van der Waals surface area contributed by atoms with Gasteiger partial charge in [-0.3, -0.25) is 0 Å². The molecular weight excluding hydrogens is 296 g/mol. The largest absolute Gasteiger partial charge is 0.462 e. The van der Waals surface area contributed by atoms with Gasteiger partial charge in [-0.15, -0.1) is 0 Å². The summed E-state index contributed by atoms with van der Waals surface area (Å²) in [5, 5.41) is 0. The molecule has 5 heteroatoms. The Bertz CT molecular complexity index is 308. The average Bonchev–Trinajstić information content (AvgIpc) is 2.47. The number of carbonyl (C=O) groups is 1. The standard InChI is InChI=1S/C17H34O4Si/c1-6-8-12-20-17(5,21-13-9-7-2)22-14-10-11-19-16(18)15(3)4/h3,6-14,22H2,1-2,4-5H3. The van der Waals surface area contributed by atoms with Crippen LogP contribution in [0.4, 0.5) is 0 Å². The van der Waals surface area contributed by atoms with Crippen LogP contribution in [0.25, 0.3) is 0 Å². The van der Waals surface area contributed by atoms with Gasteiger partial charge in [0, 0.05) is 18.8 Å². The summed E-state index contributed by atoms with van der Waals surface area (Å²) >= 11 is 0. The fourth-order valence-corrected chi connectivity index (χ4v) is 3.56. The van der Waals surface area contributed by atoms with E-state index in [9.17, 15) is 4.79 Å². The van der Waals surface area contributed by atoms with E-state index in [0.29, 0.717) is 12.2 Å². The molecule has 0 unspecified atom stereocenters. The van der Waals surface area contributed by atoms with Crippen LogP contribution in [0.1, 0.15) is 59.8 Å². The Morgan fingerprint density at radius 3 is 2.05 bits per heavy atom. The van der Waals surface area contributed by atoms with Crippen LogP contribution in [-0.2, 0) is 19.0 Å². The maximum atomic E-state index is 11.3. The molecule has 22 heavy (non-hydrogen) atoms. The van der Waals surface area contributed by atoms with Crippen molar-refractivity contribution in [2.24, 2.45) is 0 Å². The highest BCUT2D eigenvalue weighted by atomic mass is 28.2. The number of rotatable bonds is 14. The highest BCUT2D eigenvalue weighted by molar-refractivity contribution is 6.38. The Labute approximate surface area is 138 Å². The van der Waals surface area contributed by atoms with Gasteiger partial charge in [0.1, 0.15) is 5.41 Å². The maximum absolute atomic E-state index is 11.3. The number of ether oxygens (including phenoxy) is 3. The Morgan fingerprint density at radius 1 is 1.05 bits per heavy atom. The lowest BCUT2D eigenvalue weighted by atomic mass is 10.3. The molecule has 0 heterocycles. The lowest BCUT2D eigenvalue weighted by Crippen LogP contribution is -2.40. The minimum atomic E-state index is -0.550. The van der Waals surface area contributed by atoms with Crippen LogP contribution in [-0.4, -0.2) is 40.7 Å². The molecule has 0 bridgehead atoms. The minimum absolute atomic E-state index is 0.303. The molecule has 0 radical (unpaired) electrons. The lowest BCUT2D eigenvalue weighted by Gasteiger charge is -2.30. The second-order valence-electron chi connectivity index (χ2n) is 5.91. The van der Waals surface area contributed by atoms with Gasteiger partial charge in [0.2, 0.25) is 0 Å². The van der Waals surface area contributed by atoms with Crippen molar-refractivity contribution in [1.82, 2.24) is 0 Å². The molecule has 130 valence electrons. The number of esters is 1. The lowest BCUT2D eigenvalue weighted by molar-refractivity contribution is -0.170. The van der Waals surface area contributed by atoms with Crippen LogP contribution in [0, 0.1) is 0 Å². The highest BCUT2D eigenvalue weighted by Crippen LogP contribution is 2.15. The summed E-state index contributed by atoms with van der Waals surface area (Å²) in [5.74, 6) is -0.303. The molecule has 0 amide bonds. The predicted octanol–water partition coefficient (Wildman–Crippen LogP) is 3.39. The van der Waals surface area contributed by atoms with Gasteiger partial charge in [0.15, 0.2) is 0 Å². The van der Waals surface area contributed by atoms with Crippen LogP contribution >= 0.6 is 0 Å². The Kier molecular flexibility index (Phi) is 12.5. The minimum Gasteiger partial charge on any atom is -0.462 e. The van der Waals surface area contributed by atoms with Crippen molar-refractivity contribution in [3.8, 4) is 0 Å². The average molecular weight is 331 g/mol. The Hall–Kier alpha value is -0.653. The van der Waals surface area contributed by atoms with Crippen LogP contribution < -0.4 is 0 Å². The van der Waals surface area contributed by atoms with Gasteiger partial charge in [0.05, 0.1) is 16.1 Å². The van der Waals surface area contributed by atoms with Gasteiger partial charge in [0.25, 0.3) is 0 Å². The molecule has 0 atom stereocenters. The zero-order chi connectivity index (χ0) is 16.8. The van der Waals surface area contributed by atoms with Crippen LogP contribution in [0.3, 0.4) is 0 Å². The molecule has 0 aromatic heterocycles. The summed E-state index contributed by atoms with van der Waals surface area (Å²) < 4.78 is 17.1. The smallest absolute Gasteiger partial charge is 0.333 e. The first kappa shape index (κ1) is 21.3. The summed E-state index contributed by atoms with van der Waals surface area (Å²) in [6.07, 6.45) is 5.26. The second-order valence-corrected chi connectivity index (χ2v) is 8.40. The first-order valence-electron chi connectivity index (χ1n) is 8.55. The zero-order valence-corrected chi connectivity index (χ0v) is 16.3. The molecule has 0 aliphatic heterocycles. The maximum Gasteiger partial charge on any atom is 0.333 e. The summed E-state index contributed by atoms with van der Waals surface area (Å²) in [4.78, 5) is 11.3. The van der Waals surface area contributed by atoms with Gasteiger partial charge in [-0.1, -0.05) is 39.3 Å². The zero-order valence-electron chi connectivity index (χ0n) is 14.9. The number of hydrogen-bond acceptors (Lipinski definition) is 4. The predicted molar refractivity (Wildman–Crippen MR) is 93.9 cm³/mol. The van der Waals surface area contributed by atoms with Crippen molar-refractivity contribution < 1.29 is 19.0 Å². The molecule has 4 nitrogen and oxygen atoms in total. The van der Waals surface area contributed by atoms with Crippen LogP contribution in [0.5, 0.6) is 0 Å². The van der Waals surface area contributed by atoms with E-state index >= 15 is 0 Å². The van der Waals surface area contributed by atoms with Crippen molar-refractivity contribution in [3.05, 3.63) is 12.2 Å². The topological polar surface area (TPSA) is 44.8 Å². The van der Waals surface area contributed by atoms with Crippen LogP contribution in [0.15, 0.2) is 12.2 Å². The molecule has 0 fully saturated rings. The van der Waals surface area contributed by atoms with Gasteiger partial charge in [-0.05, 0) is 33.1 Å². The summed E-state index contributed by atoms with van der Waals surface area (Å²) in [7, 11) is -0.550. The Balaban J connectivity index is 4.04. The molecule has 0 aliphatic rings. The summed E-state index contributed by atoms with van der Waals surface area (Å²) in [6.45, 7) is 13.6. The first-order valence-corrected chi connectivity index (χ1v) is 10.3. The Morgan fingerprint density at radius 2 is 1.59 bits per heavy atom. The van der Waals surface area contributed by atoms with E-state index in [2.05, 4.69) is 27.4 Å². The molecule has 0 spiro atoms. The SMILES string of the molecule is C=C(C)C(=O)OCCC[SiH2]C(C)(OCCCC)OCCCC. The third-order valence-electron chi connectivity index (χ3n) is 3.42. The van der Waals surface area contributed by atoms with Crippen molar-refractivity contribution >= 4 is 15.5 Å². The van der Waals surface area contributed by atoms with E-state index in [0.717, 1.165) is 51.4 Å². The first-order chi connectivity index (χ1) is 10.4. The number of unbranched alkanes of at least 4 members (excludes halogenated alkanes) is 2. The van der Waals surface area contributed by atoms with Crippen molar-refractivity contribution in [2.45, 2.75) is 71.3 Å². The third-order valence-corrected chi connectivity index (χ3v) is 5.59. The van der Waals surface area contributed by atoms with Gasteiger partial charge >= 0.3 is 5.97 Å². The molecular formula is C17H34O4Si. The van der Waals surface area contributed by atoms with Gasteiger partial charge in [-0.25, -0.2) is 4.79 Å². The van der Waals surface area contributed by atoms with Crippen molar-refractivity contribution in [2.75, 3.05) is 19.8 Å². The van der Waals surface area contributed by atoms with E-state index in [4.69, 9.17) is 14.2 Å². The van der Waals surface area contributed by atoms with Gasteiger partial charge in [-0.2, -0.15) is 0 Å². The van der Waals surface area contributed by atoms with Crippen molar-refractivity contribution in [1.29, 1.82) is 0 Å². The molecule has 0 saturated carbocycles. The molecule has 0 aromatic carbocycles. The molecule has 0 aromatic rings. The third kappa shape index (κ3) is 11.0. The van der Waals surface area contributed by atoms with E-state index < -0.39 is 9.52 Å². The van der Waals surface area contributed by atoms with E-state index in [1.165, 1.54) is 0 Å². The molecule has 0 saturated heterocycles. The van der Waals surface area contributed by atoms with Gasteiger partial charge < -0.3 is 14.2 Å². The van der Waals surface area contributed by atoms with Crippen molar-refractivity contribution in [3.63, 3.8) is 0 Å². The highest BCUT2D eigenvalue weighted by Gasteiger charge is 2.25. The second kappa shape index (κ2) is 12.8. The quantitative estimate of drug-likeness (QED) is 0.161. The summed E-state index contributed by atoms with van der Waals surface area (Å²) in [5.41, 5.74) is 0.0655. The number of hydrogen-bond donors (Lipinski definition) is 0. The summed E-state index contributed by atoms with van der Waals surface area (Å²) in [6, 6.07) is 1.04. The fraction of sp³-hybridized carbons (Fsp3) is 0.824.